The molecule has 3 aliphatic rings. The Balaban J connectivity index is 1.17. The summed E-state index contributed by atoms with van der Waals surface area (Å²) >= 11 is 0. The Hall–Kier alpha value is -2.61. The second-order valence-electron chi connectivity index (χ2n) is 12.3. The average Bonchev–Trinajstić information content (AvgIpc) is 3.29. The number of methoxy groups -OCH3 is 2. The minimum atomic E-state index is 0.602. The van der Waals surface area contributed by atoms with Gasteiger partial charge in [0.05, 0.1) is 44.5 Å². The Morgan fingerprint density at radius 1 is 0.975 bits per heavy atom. The van der Waals surface area contributed by atoms with Gasteiger partial charge >= 0.3 is 0 Å². The van der Waals surface area contributed by atoms with E-state index < -0.39 is 0 Å². The summed E-state index contributed by atoms with van der Waals surface area (Å²) in [6, 6.07) is 13.5. The number of hydrogen-bond acceptors (Lipinski definition) is 6. The topological polar surface area (TPSA) is 52.0 Å². The molecule has 3 atom stereocenters. The zero-order chi connectivity index (χ0) is 28.0. The lowest BCUT2D eigenvalue weighted by Crippen LogP contribution is -2.62. The van der Waals surface area contributed by atoms with Crippen molar-refractivity contribution in [2.75, 3.05) is 40.5 Å². The van der Waals surface area contributed by atoms with Crippen molar-refractivity contribution in [3.8, 4) is 22.9 Å². The molecule has 0 amide bonds. The van der Waals surface area contributed by atoms with Crippen LogP contribution < -0.4 is 9.47 Å². The lowest BCUT2D eigenvalue weighted by atomic mass is 9.84. The van der Waals surface area contributed by atoms with Crippen LogP contribution in [0.3, 0.4) is 0 Å². The van der Waals surface area contributed by atoms with E-state index in [2.05, 4.69) is 60.4 Å². The summed E-state index contributed by atoms with van der Waals surface area (Å²) in [5.41, 5.74) is 6.03. The third kappa shape index (κ3) is 4.90. The van der Waals surface area contributed by atoms with Crippen LogP contribution in [0.5, 0.6) is 11.5 Å². The predicted octanol–water partition coefficient (Wildman–Crippen LogP) is 5.78. The van der Waals surface area contributed by atoms with Crippen LogP contribution in [0.4, 0.5) is 0 Å². The molecule has 3 aromatic rings. The number of imidazole rings is 1. The van der Waals surface area contributed by atoms with Crippen LogP contribution in [0.2, 0.25) is 0 Å². The van der Waals surface area contributed by atoms with E-state index in [1.165, 1.54) is 61.8 Å². The molecule has 3 saturated heterocycles. The van der Waals surface area contributed by atoms with E-state index in [4.69, 9.17) is 19.2 Å². The molecule has 4 heterocycles. The van der Waals surface area contributed by atoms with E-state index in [0.29, 0.717) is 30.1 Å². The Morgan fingerprint density at radius 2 is 1.73 bits per heavy atom. The molecule has 0 radical (unpaired) electrons. The van der Waals surface area contributed by atoms with Crippen LogP contribution in [-0.2, 0) is 11.8 Å². The van der Waals surface area contributed by atoms with E-state index >= 15 is 0 Å². The third-order valence-corrected chi connectivity index (χ3v) is 9.96. The predicted molar refractivity (Wildman–Crippen MR) is 161 cm³/mol. The number of ether oxygens (including phenoxy) is 3. The number of piperidine rings is 2. The van der Waals surface area contributed by atoms with Crippen LogP contribution in [0, 0.1) is 6.92 Å². The first-order valence-corrected chi connectivity index (χ1v) is 15.2. The highest BCUT2D eigenvalue weighted by Gasteiger charge is 2.41. The zero-order valence-electron chi connectivity index (χ0n) is 25.2. The standard InChI is InChI=1S/C33H46N4O3/c1-7-26-18-27(15-22(3)37(26)28-19-40-20-28)36-12-10-23(11-13-36)25-14-21(2)32-29(16-25)35(4)33(34-32)24-8-9-30(38-5)31(17-24)39-6/h8-9,14,16-17,22-23,26-28H,7,10-13,15,18-20H2,1-6H3. The second kappa shape index (κ2) is 11.3. The fourth-order valence-corrected chi connectivity index (χ4v) is 7.69. The molecule has 0 N–H and O–H groups in total. The van der Waals surface area contributed by atoms with Gasteiger partial charge in [-0.15, -0.1) is 0 Å². The van der Waals surface area contributed by atoms with Crippen LogP contribution in [0.25, 0.3) is 22.4 Å². The number of aromatic nitrogens is 2. The van der Waals surface area contributed by atoms with Crippen molar-refractivity contribution in [2.24, 2.45) is 7.05 Å². The molecule has 0 bridgehead atoms. The highest BCUT2D eigenvalue weighted by molar-refractivity contribution is 5.84. The fraction of sp³-hybridized carbons (Fsp3) is 0.606. The molecule has 2 aromatic carbocycles. The number of fused-ring (bicyclic) bond motifs is 1. The Kier molecular flexibility index (Phi) is 7.81. The quantitative estimate of drug-likeness (QED) is 0.375. The lowest BCUT2D eigenvalue weighted by molar-refractivity contribution is -0.115. The van der Waals surface area contributed by atoms with Gasteiger partial charge in [0.15, 0.2) is 11.5 Å². The summed E-state index contributed by atoms with van der Waals surface area (Å²) in [5.74, 6) is 3.00. The van der Waals surface area contributed by atoms with E-state index in [9.17, 15) is 0 Å². The Morgan fingerprint density at radius 3 is 2.38 bits per heavy atom. The molecule has 216 valence electrons. The molecule has 6 rings (SSSR count). The molecule has 40 heavy (non-hydrogen) atoms. The molecular formula is C33H46N4O3. The maximum atomic E-state index is 5.55. The number of aryl methyl sites for hydroxylation is 2. The van der Waals surface area contributed by atoms with Gasteiger partial charge in [-0.1, -0.05) is 13.0 Å². The molecule has 3 unspecified atom stereocenters. The molecule has 7 heteroatoms. The fourth-order valence-electron chi connectivity index (χ4n) is 7.69. The van der Waals surface area contributed by atoms with Gasteiger partial charge in [0.25, 0.3) is 0 Å². The van der Waals surface area contributed by atoms with Gasteiger partial charge in [-0.25, -0.2) is 4.98 Å². The van der Waals surface area contributed by atoms with E-state index in [0.717, 1.165) is 41.6 Å². The number of hydrogen-bond donors (Lipinski definition) is 0. The largest absolute Gasteiger partial charge is 0.493 e. The van der Waals surface area contributed by atoms with Crippen molar-refractivity contribution in [3.05, 3.63) is 41.5 Å². The van der Waals surface area contributed by atoms with Crippen molar-refractivity contribution in [1.29, 1.82) is 0 Å². The van der Waals surface area contributed by atoms with Crippen molar-refractivity contribution in [1.82, 2.24) is 19.4 Å². The molecule has 3 aliphatic heterocycles. The molecule has 0 saturated carbocycles. The van der Waals surface area contributed by atoms with Gasteiger partial charge in [0, 0.05) is 30.7 Å². The Bertz CT molecular complexity index is 1340. The molecule has 0 aliphatic carbocycles. The summed E-state index contributed by atoms with van der Waals surface area (Å²) < 4.78 is 18.8. The SMILES string of the molecule is CCC1CC(N2CCC(c3cc(C)c4nc(-c5ccc(OC)c(OC)c5)n(C)c4c3)CC2)CC(C)N1C1COC1. The minimum Gasteiger partial charge on any atom is -0.493 e. The first kappa shape index (κ1) is 27.6. The van der Waals surface area contributed by atoms with Crippen molar-refractivity contribution in [2.45, 2.75) is 83.0 Å². The third-order valence-electron chi connectivity index (χ3n) is 9.96. The van der Waals surface area contributed by atoms with Crippen LogP contribution in [0.15, 0.2) is 30.3 Å². The molecule has 3 fully saturated rings. The first-order valence-electron chi connectivity index (χ1n) is 15.2. The van der Waals surface area contributed by atoms with E-state index in [1.807, 2.05) is 12.1 Å². The van der Waals surface area contributed by atoms with Crippen molar-refractivity contribution >= 4 is 11.0 Å². The zero-order valence-corrected chi connectivity index (χ0v) is 25.2. The van der Waals surface area contributed by atoms with Gasteiger partial charge in [0.1, 0.15) is 5.82 Å². The summed E-state index contributed by atoms with van der Waals surface area (Å²) in [7, 11) is 5.47. The van der Waals surface area contributed by atoms with Gasteiger partial charge < -0.3 is 23.7 Å². The smallest absolute Gasteiger partial charge is 0.161 e. The van der Waals surface area contributed by atoms with Gasteiger partial charge in [-0.05, 0) is 100 Å². The monoisotopic (exact) mass is 546 g/mol. The van der Waals surface area contributed by atoms with Crippen LogP contribution >= 0.6 is 0 Å². The highest BCUT2D eigenvalue weighted by Crippen LogP contribution is 2.38. The minimum absolute atomic E-state index is 0.602. The summed E-state index contributed by atoms with van der Waals surface area (Å²) in [4.78, 5) is 10.7. The molecule has 1 aromatic heterocycles. The highest BCUT2D eigenvalue weighted by atomic mass is 16.5. The summed E-state index contributed by atoms with van der Waals surface area (Å²) in [6.45, 7) is 11.3. The van der Waals surface area contributed by atoms with Crippen molar-refractivity contribution in [3.63, 3.8) is 0 Å². The van der Waals surface area contributed by atoms with Gasteiger partial charge in [-0.2, -0.15) is 0 Å². The molecular weight excluding hydrogens is 500 g/mol. The number of benzene rings is 2. The summed E-state index contributed by atoms with van der Waals surface area (Å²) in [6.07, 6.45) is 6.29. The maximum Gasteiger partial charge on any atom is 0.161 e. The van der Waals surface area contributed by atoms with Crippen LogP contribution in [0.1, 0.15) is 63.0 Å². The number of nitrogens with zero attached hydrogens (tertiary/aromatic N) is 4. The maximum absolute atomic E-state index is 5.55. The average molecular weight is 547 g/mol. The number of likely N-dealkylation sites (tertiary alicyclic amines) is 2. The number of rotatable bonds is 7. The second-order valence-corrected chi connectivity index (χ2v) is 12.3. The lowest BCUT2D eigenvalue weighted by Gasteiger charge is -2.52. The van der Waals surface area contributed by atoms with Crippen LogP contribution in [-0.4, -0.2) is 84.0 Å². The summed E-state index contributed by atoms with van der Waals surface area (Å²) in [5, 5.41) is 0. The van der Waals surface area contributed by atoms with Gasteiger partial charge in [-0.3, -0.25) is 4.90 Å². The Labute approximate surface area is 239 Å². The van der Waals surface area contributed by atoms with E-state index in [-0.39, 0.29) is 0 Å². The molecule has 7 nitrogen and oxygen atoms in total. The van der Waals surface area contributed by atoms with Crippen molar-refractivity contribution < 1.29 is 14.2 Å². The molecule has 0 spiro atoms. The van der Waals surface area contributed by atoms with E-state index in [1.54, 1.807) is 14.2 Å². The first-order chi connectivity index (χ1) is 19.4. The van der Waals surface area contributed by atoms with Gasteiger partial charge in [0.2, 0.25) is 0 Å². The normalized spacial score (nSPS) is 25.3.